The SMILES string of the molecule is CCCC(C(=O)NC1CC1)C(N)=NO. The summed E-state index contributed by atoms with van der Waals surface area (Å²) in [7, 11) is 0. The van der Waals surface area contributed by atoms with E-state index in [0.29, 0.717) is 12.5 Å². The molecule has 0 aliphatic heterocycles. The lowest BCUT2D eigenvalue weighted by atomic mass is 10.0. The van der Waals surface area contributed by atoms with E-state index in [2.05, 4.69) is 10.5 Å². The molecule has 5 heteroatoms. The van der Waals surface area contributed by atoms with Crippen molar-refractivity contribution in [2.24, 2.45) is 16.8 Å². The molecule has 0 spiro atoms. The van der Waals surface area contributed by atoms with Crippen LogP contribution in [0.5, 0.6) is 0 Å². The minimum atomic E-state index is -0.481. The third kappa shape index (κ3) is 2.90. The van der Waals surface area contributed by atoms with E-state index in [-0.39, 0.29) is 11.7 Å². The number of carbonyl (C=O) groups is 1. The second-order valence-corrected chi connectivity index (χ2v) is 3.65. The lowest BCUT2D eigenvalue weighted by Gasteiger charge is -2.13. The van der Waals surface area contributed by atoms with E-state index in [0.717, 1.165) is 19.3 Å². The molecular weight excluding hydrogens is 182 g/mol. The molecule has 5 nitrogen and oxygen atoms in total. The molecule has 0 aromatic rings. The number of carbonyl (C=O) groups excluding carboxylic acids is 1. The standard InChI is InChI=1S/C9H17N3O2/c1-2-3-7(8(10)12-14)9(13)11-6-4-5-6/h6-7,14H,2-5H2,1H3,(H2,10,12)(H,11,13). The van der Waals surface area contributed by atoms with Gasteiger partial charge >= 0.3 is 0 Å². The van der Waals surface area contributed by atoms with Crippen molar-refractivity contribution in [1.29, 1.82) is 0 Å². The van der Waals surface area contributed by atoms with Crippen LogP contribution in [0, 0.1) is 5.92 Å². The molecule has 0 heterocycles. The van der Waals surface area contributed by atoms with Crippen LogP contribution in [0.2, 0.25) is 0 Å². The summed E-state index contributed by atoms with van der Waals surface area (Å²) in [5, 5.41) is 14.2. The minimum absolute atomic E-state index is 0.00463. The molecule has 0 aromatic carbocycles. The molecular formula is C9H17N3O2. The Balaban J connectivity index is 2.50. The minimum Gasteiger partial charge on any atom is -0.409 e. The van der Waals surface area contributed by atoms with Crippen LogP contribution in [0.4, 0.5) is 0 Å². The third-order valence-corrected chi connectivity index (χ3v) is 2.29. The van der Waals surface area contributed by atoms with Gasteiger partial charge in [0.15, 0.2) is 5.84 Å². The monoisotopic (exact) mass is 199 g/mol. The summed E-state index contributed by atoms with van der Waals surface area (Å²) in [6.07, 6.45) is 3.54. The number of oxime groups is 1. The summed E-state index contributed by atoms with van der Waals surface area (Å²) >= 11 is 0. The van der Waals surface area contributed by atoms with Gasteiger partial charge in [0.25, 0.3) is 0 Å². The summed E-state index contributed by atoms with van der Waals surface area (Å²) < 4.78 is 0. The molecule has 0 saturated heterocycles. The first-order valence-corrected chi connectivity index (χ1v) is 4.96. The quantitative estimate of drug-likeness (QED) is 0.259. The van der Waals surface area contributed by atoms with E-state index in [9.17, 15) is 4.79 Å². The van der Waals surface area contributed by atoms with Crippen LogP contribution in [0.3, 0.4) is 0 Å². The summed E-state index contributed by atoms with van der Waals surface area (Å²) in [5.41, 5.74) is 5.44. The van der Waals surface area contributed by atoms with Gasteiger partial charge in [-0.2, -0.15) is 0 Å². The normalized spacial score (nSPS) is 19.1. The molecule has 1 aliphatic rings. The first-order chi connectivity index (χ1) is 6.69. The molecule has 0 aromatic heterocycles. The Bertz CT molecular complexity index is 236. The number of hydrogen-bond acceptors (Lipinski definition) is 3. The van der Waals surface area contributed by atoms with Crippen molar-refractivity contribution in [2.75, 3.05) is 0 Å². The smallest absolute Gasteiger partial charge is 0.231 e. The number of nitrogens with two attached hydrogens (primary N) is 1. The van der Waals surface area contributed by atoms with E-state index >= 15 is 0 Å². The average molecular weight is 199 g/mol. The summed E-state index contributed by atoms with van der Waals surface area (Å²) in [6, 6.07) is 0.313. The molecule has 4 N–H and O–H groups in total. The Morgan fingerprint density at radius 2 is 2.36 bits per heavy atom. The zero-order valence-electron chi connectivity index (χ0n) is 8.36. The number of hydrogen-bond donors (Lipinski definition) is 3. The van der Waals surface area contributed by atoms with Crippen LogP contribution < -0.4 is 11.1 Å². The van der Waals surface area contributed by atoms with Crippen molar-refractivity contribution >= 4 is 11.7 Å². The fourth-order valence-electron chi connectivity index (χ4n) is 1.30. The first kappa shape index (κ1) is 10.8. The topological polar surface area (TPSA) is 87.7 Å². The van der Waals surface area contributed by atoms with Crippen molar-refractivity contribution in [3.63, 3.8) is 0 Å². The van der Waals surface area contributed by atoms with Gasteiger partial charge in [0.2, 0.25) is 5.91 Å². The Morgan fingerprint density at radius 1 is 1.71 bits per heavy atom. The van der Waals surface area contributed by atoms with Gasteiger partial charge in [-0.25, -0.2) is 0 Å². The second-order valence-electron chi connectivity index (χ2n) is 3.65. The Labute approximate surface area is 83.3 Å². The molecule has 1 amide bonds. The molecule has 0 radical (unpaired) electrons. The number of nitrogens with one attached hydrogen (secondary N) is 1. The number of amides is 1. The van der Waals surface area contributed by atoms with E-state index in [1.165, 1.54) is 0 Å². The Hall–Kier alpha value is -1.26. The van der Waals surface area contributed by atoms with Crippen LogP contribution in [0.1, 0.15) is 32.6 Å². The van der Waals surface area contributed by atoms with Crippen LogP contribution in [0.25, 0.3) is 0 Å². The zero-order valence-corrected chi connectivity index (χ0v) is 8.36. The molecule has 1 fully saturated rings. The van der Waals surface area contributed by atoms with Gasteiger partial charge in [0.1, 0.15) is 0 Å². The summed E-state index contributed by atoms with van der Waals surface area (Å²) in [5.74, 6) is -0.597. The fourth-order valence-corrected chi connectivity index (χ4v) is 1.30. The maximum atomic E-state index is 11.6. The summed E-state index contributed by atoms with van der Waals surface area (Å²) in [4.78, 5) is 11.6. The average Bonchev–Trinajstić information content (AvgIpc) is 2.96. The van der Waals surface area contributed by atoms with Crippen molar-refractivity contribution in [3.8, 4) is 0 Å². The van der Waals surface area contributed by atoms with E-state index in [1.54, 1.807) is 0 Å². The largest absolute Gasteiger partial charge is 0.409 e. The first-order valence-electron chi connectivity index (χ1n) is 4.96. The molecule has 1 unspecified atom stereocenters. The van der Waals surface area contributed by atoms with E-state index < -0.39 is 5.92 Å². The van der Waals surface area contributed by atoms with E-state index in [4.69, 9.17) is 10.9 Å². The Morgan fingerprint density at radius 3 is 2.79 bits per heavy atom. The van der Waals surface area contributed by atoms with Gasteiger partial charge in [-0.3, -0.25) is 4.79 Å². The lowest BCUT2D eigenvalue weighted by Crippen LogP contribution is -2.39. The Kier molecular flexibility index (Phi) is 3.73. The van der Waals surface area contributed by atoms with Gasteiger partial charge in [0.05, 0.1) is 5.92 Å². The highest BCUT2D eigenvalue weighted by Gasteiger charge is 2.29. The third-order valence-electron chi connectivity index (χ3n) is 2.29. The number of amidine groups is 1. The van der Waals surface area contributed by atoms with Gasteiger partial charge in [-0.05, 0) is 19.3 Å². The highest BCUT2D eigenvalue weighted by Crippen LogP contribution is 2.20. The number of nitrogens with zero attached hydrogens (tertiary/aromatic N) is 1. The summed E-state index contributed by atoms with van der Waals surface area (Å²) in [6.45, 7) is 1.96. The van der Waals surface area contributed by atoms with Gasteiger partial charge < -0.3 is 16.3 Å². The predicted octanol–water partition coefficient (Wildman–Crippen LogP) is 0.428. The van der Waals surface area contributed by atoms with Gasteiger partial charge in [-0.15, -0.1) is 0 Å². The van der Waals surface area contributed by atoms with Gasteiger partial charge in [0, 0.05) is 6.04 Å². The second kappa shape index (κ2) is 4.83. The molecule has 1 aliphatic carbocycles. The van der Waals surface area contributed by atoms with Crippen molar-refractivity contribution in [3.05, 3.63) is 0 Å². The van der Waals surface area contributed by atoms with Crippen LogP contribution in [-0.2, 0) is 4.79 Å². The van der Waals surface area contributed by atoms with Crippen molar-refractivity contribution in [1.82, 2.24) is 5.32 Å². The molecule has 1 saturated carbocycles. The molecule has 80 valence electrons. The molecule has 0 bridgehead atoms. The van der Waals surface area contributed by atoms with Crippen molar-refractivity contribution in [2.45, 2.75) is 38.6 Å². The maximum Gasteiger partial charge on any atom is 0.231 e. The van der Waals surface area contributed by atoms with E-state index in [1.807, 2.05) is 6.92 Å². The van der Waals surface area contributed by atoms with Gasteiger partial charge in [-0.1, -0.05) is 18.5 Å². The fraction of sp³-hybridized carbons (Fsp3) is 0.778. The van der Waals surface area contributed by atoms with Crippen LogP contribution in [0.15, 0.2) is 5.16 Å². The lowest BCUT2D eigenvalue weighted by molar-refractivity contribution is -0.123. The number of rotatable bonds is 5. The highest BCUT2D eigenvalue weighted by atomic mass is 16.4. The maximum absolute atomic E-state index is 11.6. The zero-order chi connectivity index (χ0) is 10.6. The van der Waals surface area contributed by atoms with Crippen molar-refractivity contribution < 1.29 is 10.0 Å². The molecule has 1 atom stereocenters. The molecule has 1 rings (SSSR count). The molecule has 14 heavy (non-hydrogen) atoms. The predicted molar refractivity (Wildman–Crippen MR) is 53.0 cm³/mol. The highest BCUT2D eigenvalue weighted by molar-refractivity contribution is 6.02. The van der Waals surface area contributed by atoms with Crippen LogP contribution in [-0.4, -0.2) is 23.0 Å². The van der Waals surface area contributed by atoms with Crippen LogP contribution >= 0.6 is 0 Å².